The average Bonchev–Trinajstić information content (AvgIpc) is 2.84. The molecule has 21 heavy (non-hydrogen) atoms. The molecule has 0 N–H and O–H groups in total. The van der Waals surface area contributed by atoms with Crippen molar-refractivity contribution in [3.05, 3.63) is 65.4 Å². The van der Waals surface area contributed by atoms with E-state index in [4.69, 9.17) is 4.74 Å². The summed E-state index contributed by atoms with van der Waals surface area (Å²) < 4.78 is 7.69. The third-order valence-corrected chi connectivity index (χ3v) is 3.80. The summed E-state index contributed by atoms with van der Waals surface area (Å²) in [7, 11) is 0. The van der Waals surface area contributed by atoms with Gasteiger partial charge in [0.05, 0.1) is 24.6 Å². The standard InChI is InChI=1S/C17H15N3O/c1-12-6-8-13(9-7-12)17-16-11-21-10-14-4-2-3-5-15(14)20(16)19-18-17/h2-9H,10-11H2,1H3. The maximum Gasteiger partial charge on any atom is 0.119 e. The SMILES string of the molecule is Cc1ccc(-c2nnn3c2COCc2ccccc2-3)cc1. The molecule has 0 bridgehead atoms. The molecule has 0 unspecified atom stereocenters. The number of fused-ring (bicyclic) bond motifs is 3. The quantitative estimate of drug-likeness (QED) is 0.685. The predicted molar refractivity (Wildman–Crippen MR) is 80.0 cm³/mol. The summed E-state index contributed by atoms with van der Waals surface area (Å²) in [4.78, 5) is 0. The van der Waals surface area contributed by atoms with Gasteiger partial charge in [0.15, 0.2) is 0 Å². The summed E-state index contributed by atoms with van der Waals surface area (Å²) in [6.45, 7) is 3.20. The van der Waals surface area contributed by atoms with Crippen molar-refractivity contribution in [1.82, 2.24) is 15.0 Å². The van der Waals surface area contributed by atoms with E-state index in [9.17, 15) is 0 Å². The number of hydrogen-bond donors (Lipinski definition) is 0. The number of hydrogen-bond acceptors (Lipinski definition) is 3. The van der Waals surface area contributed by atoms with Crippen LogP contribution in [0.25, 0.3) is 16.9 Å². The Kier molecular flexibility index (Phi) is 2.82. The zero-order chi connectivity index (χ0) is 14.2. The summed E-state index contributed by atoms with van der Waals surface area (Å²) in [5.74, 6) is 0. The summed E-state index contributed by atoms with van der Waals surface area (Å²) in [6.07, 6.45) is 0. The van der Waals surface area contributed by atoms with Crippen molar-refractivity contribution < 1.29 is 4.74 Å². The van der Waals surface area contributed by atoms with Crippen molar-refractivity contribution >= 4 is 0 Å². The Morgan fingerprint density at radius 2 is 1.81 bits per heavy atom. The van der Waals surface area contributed by atoms with Gasteiger partial charge in [-0.25, -0.2) is 4.68 Å². The molecule has 4 heteroatoms. The van der Waals surface area contributed by atoms with E-state index in [1.807, 2.05) is 16.8 Å². The van der Waals surface area contributed by atoms with E-state index in [-0.39, 0.29) is 0 Å². The Bertz CT molecular complexity index is 790. The van der Waals surface area contributed by atoms with Crippen LogP contribution in [0.5, 0.6) is 0 Å². The fourth-order valence-electron chi connectivity index (χ4n) is 2.66. The Balaban J connectivity index is 1.88. The Morgan fingerprint density at radius 3 is 2.67 bits per heavy atom. The van der Waals surface area contributed by atoms with Gasteiger partial charge in [-0.05, 0) is 13.0 Å². The fraction of sp³-hybridized carbons (Fsp3) is 0.176. The number of aromatic nitrogens is 3. The molecule has 0 spiro atoms. The molecule has 0 radical (unpaired) electrons. The highest BCUT2D eigenvalue weighted by molar-refractivity contribution is 5.63. The van der Waals surface area contributed by atoms with Gasteiger partial charge in [0.25, 0.3) is 0 Å². The highest BCUT2D eigenvalue weighted by Crippen LogP contribution is 2.28. The minimum absolute atomic E-state index is 0.519. The predicted octanol–water partition coefficient (Wildman–Crippen LogP) is 3.27. The second-order valence-corrected chi connectivity index (χ2v) is 5.28. The molecule has 0 amide bonds. The van der Waals surface area contributed by atoms with Crippen molar-refractivity contribution in [2.24, 2.45) is 0 Å². The van der Waals surface area contributed by atoms with E-state index < -0.39 is 0 Å². The van der Waals surface area contributed by atoms with Crippen molar-refractivity contribution in [3.8, 4) is 16.9 Å². The van der Waals surface area contributed by atoms with Gasteiger partial charge in [0.1, 0.15) is 5.69 Å². The maximum atomic E-state index is 5.79. The van der Waals surface area contributed by atoms with E-state index in [0.717, 1.165) is 28.2 Å². The van der Waals surface area contributed by atoms with Crippen LogP contribution >= 0.6 is 0 Å². The number of ether oxygens (including phenoxy) is 1. The van der Waals surface area contributed by atoms with Crippen LogP contribution in [0.1, 0.15) is 16.8 Å². The number of rotatable bonds is 1. The summed E-state index contributed by atoms with van der Waals surface area (Å²) >= 11 is 0. The Labute approximate surface area is 123 Å². The Morgan fingerprint density at radius 1 is 1.00 bits per heavy atom. The third-order valence-electron chi connectivity index (χ3n) is 3.80. The molecule has 0 aliphatic carbocycles. The molecule has 0 saturated heterocycles. The lowest BCUT2D eigenvalue weighted by atomic mass is 10.1. The zero-order valence-corrected chi connectivity index (χ0v) is 11.8. The second-order valence-electron chi connectivity index (χ2n) is 5.28. The van der Waals surface area contributed by atoms with E-state index >= 15 is 0 Å². The molecule has 104 valence electrons. The second kappa shape index (κ2) is 4.82. The number of nitrogens with zero attached hydrogens (tertiary/aromatic N) is 3. The molecule has 0 saturated carbocycles. The number of para-hydroxylation sites is 1. The van der Waals surface area contributed by atoms with Crippen molar-refractivity contribution in [3.63, 3.8) is 0 Å². The first-order valence-electron chi connectivity index (χ1n) is 7.00. The first-order chi connectivity index (χ1) is 10.3. The van der Waals surface area contributed by atoms with Gasteiger partial charge < -0.3 is 4.74 Å². The number of benzene rings is 2. The maximum absolute atomic E-state index is 5.79. The molecule has 2 aromatic carbocycles. The van der Waals surface area contributed by atoms with Gasteiger partial charge in [0, 0.05) is 11.1 Å². The summed E-state index contributed by atoms with van der Waals surface area (Å²) in [6, 6.07) is 16.5. The largest absolute Gasteiger partial charge is 0.370 e. The topological polar surface area (TPSA) is 39.9 Å². The van der Waals surface area contributed by atoms with Gasteiger partial charge in [-0.2, -0.15) is 0 Å². The molecule has 1 aliphatic rings. The monoisotopic (exact) mass is 277 g/mol. The van der Waals surface area contributed by atoms with Crippen molar-refractivity contribution in [2.45, 2.75) is 20.1 Å². The molecule has 0 atom stereocenters. The molecule has 4 nitrogen and oxygen atoms in total. The fourth-order valence-corrected chi connectivity index (χ4v) is 2.66. The molecule has 2 heterocycles. The Hall–Kier alpha value is -2.46. The molecule has 1 aromatic heterocycles. The van der Waals surface area contributed by atoms with Gasteiger partial charge >= 0.3 is 0 Å². The lowest BCUT2D eigenvalue weighted by Gasteiger charge is -2.05. The van der Waals surface area contributed by atoms with Crippen LogP contribution in [0.15, 0.2) is 48.5 Å². The molecule has 0 fully saturated rings. The smallest absolute Gasteiger partial charge is 0.119 e. The molecule has 4 rings (SSSR count). The van der Waals surface area contributed by atoms with Crippen LogP contribution < -0.4 is 0 Å². The van der Waals surface area contributed by atoms with E-state index in [0.29, 0.717) is 13.2 Å². The summed E-state index contributed by atoms with van der Waals surface area (Å²) in [5, 5.41) is 8.71. The third kappa shape index (κ3) is 2.04. The van der Waals surface area contributed by atoms with Crippen LogP contribution in [0, 0.1) is 6.92 Å². The van der Waals surface area contributed by atoms with Gasteiger partial charge in [-0.1, -0.05) is 53.2 Å². The molecular formula is C17H15N3O. The number of aryl methyl sites for hydroxylation is 1. The lowest BCUT2D eigenvalue weighted by Crippen LogP contribution is -2.02. The van der Waals surface area contributed by atoms with E-state index in [2.05, 4.69) is 53.6 Å². The van der Waals surface area contributed by atoms with Crippen LogP contribution in [0.4, 0.5) is 0 Å². The van der Waals surface area contributed by atoms with Crippen molar-refractivity contribution in [1.29, 1.82) is 0 Å². The average molecular weight is 277 g/mol. The molecule has 3 aromatic rings. The first kappa shape index (κ1) is 12.3. The van der Waals surface area contributed by atoms with Gasteiger partial charge in [-0.15, -0.1) is 5.10 Å². The highest BCUT2D eigenvalue weighted by atomic mass is 16.5. The van der Waals surface area contributed by atoms with Gasteiger partial charge in [0.2, 0.25) is 0 Å². The van der Waals surface area contributed by atoms with E-state index in [1.54, 1.807) is 0 Å². The van der Waals surface area contributed by atoms with E-state index in [1.165, 1.54) is 5.56 Å². The van der Waals surface area contributed by atoms with Crippen LogP contribution in [0.2, 0.25) is 0 Å². The van der Waals surface area contributed by atoms with Gasteiger partial charge in [-0.3, -0.25) is 0 Å². The van der Waals surface area contributed by atoms with Crippen LogP contribution in [-0.4, -0.2) is 15.0 Å². The zero-order valence-electron chi connectivity index (χ0n) is 11.8. The normalized spacial score (nSPS) is 13.4. The minimum Gasteiger partial charge on any atom is -0.370 e. The van der Waals surface area contributed by atoms with Crippen LogP contribution in [0.3, 0.4) is 0 Å². The lowest BCUT2D eigenvalue weighted by molar-refractivity contribution is 0.108. The van der Waals surface area contributed by atoms with Crippen LogP contribution in [-0.2, 0) is 18.0 Å². The first-order valence-corrected chi connectivity index (χ1v) is 7.00. The minimum atomic E-state index is 0.519. The molecule has 1 aliphatic heterocycles. The van der Waals surface area contributed by atoms with Crippen molar-refractivity contribution in [2.75, 3.05) is 0 Å². The highest BCUT2D eigenvalue weighted by Gasteiger charge is 2.20. The summed E-state index contributed by atoms with van der Waals surface area (Å²) in [5.41, 5.74) is 6.39. The molecular weight excluding hydrogens is 262 g/mol.